The van der Waals surface area contributed by atoms with Crippen molar-refractivity contribution in [1.29, 1.82) is 0 Å². The van der Waals surface area contributed by atoms with Gasteiger partial charge in [-0.3, -0.25) is 24.0 Å². The summed E-state index contributed by atoms with van der Waals surface area (Å²) in [7, 11) is 1.28. The van der Waals surface area contributed by atoms with Crippen LogP contribution < -0.4 is 0 Å². The SMILES string of the molecule is COC(=O)C1CCCN1C(=O)CCC(=O)OCC(=O)C1(OC(C)=O)CCC2C3CCC4=CC(=O)CCC4(C)C3CCC21C. The highest BCUT2D eigenvalue weighted by molar-refractivity contribution is 5.94. The van der Waals surface area contributed by atoms with Gasteiger partial charge in [0.1, 0.15) is 6.04 Å². The number of nitrogens with zero attached hydrogens (tertiary/aromatic N) is 1. The summed E-state index contributed by atoms with van der Waals surface area (Å²) in [5.41, 5.74) is -0.730. The molecular formula is C33H45NO9. The van der Waals surface area contributed by atoms with E-state index in [1.165, 1.54) is 24.5 Å². The lowest BCUT2D eigenvalue weighted by atomic mass is 9.46. The summed E-state index contributed by atoms with van der Waals surface area (Å²) >= 11 is 0. The number of carbonyl (C=O) groups is 6. The number of hydrogen-bond donors (Lipinski definition) is 0. The van der Waals surface area contributed by atoms with Crippen LogP contribution in [0.15, 0.2) is 11.6 Å². The van der Waals surface area contributed by atoms with Crippen molar-refractivity contribution in [2.45, 2.75) is 109 Å². The number of amides is 1. The van der Waals surface area contributed by atoms with E-state index < -0.39 is 47.4 Å². The molecule has 7 unspecified atom stereocenters. The second kappa shape index (κ2) is 11.8. The molecule has 10 heteroatoms. The van der Waals surface area contributed by atoms with Crippen LogP contribution >= 0.6 is 0 Å². The topological polar surface area (TPSA) is 133 Å². The van der Waals surface area contributed by atoms with E-state index in [2.05, 4.69) is 13.8 Å². The van der Waals surface area contributed by atoms with Gasteiger partial charge in [-0.1, -0.05) is 19.4 Å². The van der Waals surface area contributed by atoms with Crippen molar-refractivity contribution in [3.05, 3.63) is 11.6 Å². The molecule has 0 aromatic heterocycles. The molecular weight excluding hydrogens is 554 g/mol. The second-order valence-electron chi connectivity index (χ2n) is 13.7. The Kier molecular flexibility index (Phi) is 8.62. The smallest absolute Gasteiger partial charge is 0.328 e. The van der Waals surface area contributed by atoms with Crippen molar-refractivity contribution >= 4 is 35.4 Å². The number of ketones is 2. The molecule has 0 aromatic carbocycles. The van der Waals surface area contributed by atoms with Crippen molar-refractivity contribution in [2.24, 2.45) is 28.6 Å². The van der Waals surface area contributed by atoms with E-state index >= 15 is 0 Å². The Bertz CT molecular complexity index is 1240. The van der Waals surface area contributed by atoms with Crippen molar-refractivity contribution in [2.75, 3.05) is 20.3 Å². The lowest BCUT2D eigenvalue weighted by Crippen LogP contribution is -2.59. The van der Waals surface area contributed by atoms with Gasteiger partial charge in [0.2, 0.25) is 11.7 Å². The van der Waals surface area contributed by atoms with E-state index in [1.54, 1.807) is 0 Å². The van der Waals surface area contributed by atoms with Crippen LogP contribution in [0, 0.1) is 28.6 Å². The van der Waals surface area contributed by atoms with Crippen LogP contribution in [-0.4, -0.2) is 72.2 Å². The summed E-state index contributed by atoms with van der Waals surface area (Å²) in [6.07, 6.45) is 8.66. The first-order chi connectivity index (χ1) is 20.4. The molecule has 1 saturated heterocycles. The largest absolute Gasteiger partial charge is 0.467 e. The molecule has 0 aromatic rings. The summed E-state index contributed by atoms with van der Waals surface area (Å²) in [5.74, 6) is -1.30. The van der Waals surface area contributed by atoms with Gasteiger partial charge in [-0.2, -0.15) is 0 Å². The Morgan fingerprint density at radius 1 is 0.953 bits per heavy atom. The molecule has 236 valence electrons. The monoisotopic (exact) mass is 599 g/mol. The first-order valence-corrected chi connectivity index (χ1v) is 15.9. The van der Waals surface area contributed by atoms with Crippen LogP contribution in [0.2, 0.25) is 0 Å². The van der Waals surface area contributed by atoms with Gasteiger partial charge in [0.05, 0.1) is 13.5 Å². The highest BCUT2D eigenvalue weighted by atomic mass is 16.6. The van der Waals surface area contributed by atoms with E-state index in [-0.39, 0.29) is 35.9 Å². The number of allylic oxidation sites excluding steroid dienone is 1. The number of ether oxygens (including phenoxy) is 3. The Morgan fingerprint density at radius 2 is 1.70 bits per heavy atom. The molecule has 0 bridgehead atoms. The average molecular weight is 600 g/mol. The zero-order valence-electron chi connectivity index (χ0n) is 25.9. The predicted octanol–water partition coefficient (Wildman–Crippen LogP) is 3.88. The van der Waals surface area contributed by atoms with Gasteiger partial charge in [-0.15, -0.1) is 0 Å². The number of hydrogen-bond acceptors (Lipinski definition) is 9. The van der Waals surface area contributed by atoms with E-state index in [0.717, 1.165) is 32.1 Å². The lowest BCUT2D eigenvalue weighted by Gasteiger charge is -2.59. The summed E-state index contributed by atoms with van der Waals surface area (Å²) in [6.45, 7) is 5.57. The number of methoxy groups -OCH3 is 1. The van der Waals surface area contributed by atoms with Crippen molar-refractivity contribution in [3.63, 3.8) is 0 Å². The molecule has 0 N–H and O–H groups in total. The highest BCUT2D eigenvalue weighted by Crippen LogP contribution is 2.68. The molecule has 10 nitrogen and oxygen atoms in total. The molecule has 4 aliphatic carbocycles. The predicted molar refractivity (Wildman–Crippen MR) is 153 cm³/mol. The number of carbonyl (C=O) groups excluding carboxylic acids is 6. The van der Waals surface area contributed by atoms with Gasteiger partial charge >= 0.3 is 17.9 Å². The third kappa shape index (κ3) is 5.33. The fourth-order valence-corrected chi connectivity index (χ4v) is 9.62. The fraction of sp³-hybridized carbons (Fsp3) is 0.758. The molecule has 3 saturated carbocycles. The molecule has 5 aliphatic rings. The number of Topliss-reactive ketones (excluding diaryl/α,β-unsaturated/α-hetero) is 1. The van der Waals surface area contributed by atoms with Crippen molar-refractivity contribution in [1.82, 2.24) is 4.90 Å². The number of fused-ring (bicyclic) bond motifs is 5. The highest BCUT2D eigenvalue weighted by Gasteiger charge is 2.68. The molecule has 1 heterocycles. The molecule has 1 aliphatic heterocycles. The maximum atomic E-state index is 13.9. The third-order valence-electron chi connectivity index (χ3n) is 11.8. The lowest BCUT2D eigenvalue weighted by molar-refractivity contribution is -0.191. The normalized spacial score (nSPS) is 36.5. The summed E-state index contributed by atoms with van der Waals surface area (Å²) in [6, 6.07) is -0.639. The van der Waals surface area contributed by atoms with E-state index in [9.17, 15) is 28.8 Å². The zero-order valence-corrected chi connectivity index (χ0v) is 25.9. The minimum absolute atomic E-state index is 0.0201. The number of rotatable bonds is 8. The van der Waals surface area contributed by atoms with Gasteiger partial charge in [0, 0.05) is 31.7 Å². The Balaban J connectivity index is 1.25. The van der Waals surface area contributed by atoms with Gasteiger partial charge < -0.3 is 19.1 Å². The van der Waals surface area contributed by atoms with Crippen molar-refractivity contribution in [3.8, 4) is 0 Å². The van der Waals surface area contributed by atoms with Crippen LogP contribution in [0.4, 0.5) is 0 Å². The molecule has 0 spiro atoms. The molecule has 5 rings (SSSR count). The summed E-state index contributed by atoms with van der Waals surface area (Å²) in [4.78, 5) is 77.3. The van der Waals surface area contributed by atoms with Crippen LogP contribution in [0.5, 0.6) is 0 Å². The van der Waals surface area contributed by atoms with E-state index in [0.29, 0.717) is 50.5 Å². The van der Waals surface area contributed by atoms with Gasteiger partial charge in [-0.05, 0) is 87.0 Å². The minimum Gasteiger partial charge on any atom is -0.467 e. The molecule has 43 heavy (non-hydrogen) atoms. The van der Waals surface area contributed by atoms with Crippen LogP contribution in [0.25, 0.3) is 0 Å². The second-order valence-corrected chi connectivity index (χ2v) is 13.7. The Morgan fingerprint density at radius 3 is 2.42 bits per heavy atom. The van der Waals surface area contributed by atoms with Gasteiger partial charge in [-0.25, -0.2) is 4.79 Å². The zero-order chi connectivity index (χ0) is 31.2. The Hall–Kier alpha value is -3.04. The molecule has 7 atom stereocenters. The van der Waals surface area contributed by atoms with Gasteiger partial charge in [0.25, 0.3) is 0 Å². The standard InChI is InChI=1S/C33H45NO9/c1-20(35)43-33(27(37)19-42-29(39)10-9-28(38)34-17-5-6-26(34)30(40)41-4)16-13-25-23-8-7-21-18-22(36)11-14-31(21,2)24(23)12-15-32(25,33)3/h18,23-26H,5-17,19H2,1-4H3. The summed E-state index contributed by atoms with van der Waals surface area (Å²) < 4.78 is 16.1. The molecule has 0 radical (unpaired) electrons. The average Bonchev–Trinajstić information content (AvgIpc) is 3.58. The van der Waals surface area contributed by atoms with E-state index in [1.807, 2.05) is 6.08 Å². The number of likely N-dealkylation sites (tertiary alicyclic amines) is 1. The van der Waals surface area contributed by atoms with Gasteiger partial charge in [0.15, 0.2) is 18.0 Å². The quantitative estimate of drug-likeness (QED) is 0.301. The van der Waals surface area contributed by atoms with Crippen LogP contribution in [0.1, 0.15) is 97.8 Å². The first-order valence-electron chi connectivity index (χ1n) is 15.9. The molecule has 1 amide bonds. The summed E-state index contributed by atoms with van der Waals surface area (Å²) in [5, 5.41) is 0. The fourth-order valence-electron chi connectivity index (χ4n) is 9.62. The maximum Gasteiger partial charge on any atom is 0.328 e. The first kappa shape index (κ1) is 31.4. The van der Waals surface area contributed by atoms with Crippen LogP contribution in [0.3, 0.4) is 0 Å². The van der Waals surface area contributed by atoms with E-state index in [4.69, 9.17) is 14.2 Å². The minimum atomic E-state index is -1.38. The third-order valence-corrected chi connectivity index (χ3v) is 11.8. The maximum absolute atomic E-state index is 13.9. The molecule has 4 fully saturated rings. The van der Waals surface area contributed by atoms with Crippen molar-refractivity contribution < 1.29 is 43.0 Å². The number of esters is 3. The van der Waals surface area contributed by atoms with Crippen LogP contribution in [-0.2, 0) is 43.0 Å². The Labute approximate surface area is 253 Å².